The molecule has 3 rings (SSSR count). The third-order valence-corrected chi connectivity index (χ3v) is 4.47. The van der Waals surface area contributed by atoms with Gasteiger partial charge < -0.3 is 10.2 Å². The van der Waals surface area contributed by atoms with E-state index in [1.54, 1.807) is 6.07 Å². The molecular formula is C18H12BrF2NO4. The third-order valence-electron chi connectivity index (χ3n) is 3.98. The van der Waals surface area contributed by atoms with Gasteiger partial charge in [0.15, 0.2) is 5.88 Å². The maximum atomic E-state index is 14.1. The molecule has 0 radical (unpaired) electrons. The van der Waals surface area contributed by atoms with Crippen molar-refractivity contribution in [3.8, 4) is 5.88 Å². The number of aliphatic carboxylic acids is 1. The molecule has 0 spiro atoms. The van der Waals surface area contributed by atoms with Crippen molar-refractivity contribution in [1.29, 1.82) is 0 Å². The monoisotopic (exact) mass is 423 g/mol. The number of benzene rings is 2. The van der Waals surface area contributed by atoms with Crippen LogP contribution in [0.5, 0.6) is 5.88 Å². The van der Waals surface area contributed by atoms with Crippen molar-refractivity contribution in [2.45, 2.75) is 13.0 Å². The van der Waals surface area contributed by atoms with Gasteiger partial charge >= 0.3 is 5.97 Å². The van der Waals surface area contributed by atoms with Crippen molar-refractivity contribution in [2.75, 3.05) is 0 Å². The van der Waals surface area contributed by atoms with Crippen molar-refractivity contribution in [1.82, 2.24) is 4.57 Å². The summed E-state index contributed by atoms with van der Waals surface area (Å²) in [6.45, 7) is -0.302. The van der Waals surface area contributed by atoms with Crippen LogP contribution in [-0.4, -0.2) is 20.7 Å². The summed E-state index contributed by atoms with van der Waals surface area (Å²) < 4.78 is 29.1. The number of aromatic nitrogens is 1. The molecule has 2 aromatic carbocycles. The largest absolute Gasteiger partial charge is 0.494 e. The summed E-state index contributed by atoms with van der Waals surface area (Å²) in [6.07, 6.45) is -0.616. The first kappa shape index (κ1) is 18.1. The van der Waals surface area contributed by atoms with Gasteiger partial charge in [0.2, 0.25) is 0 Å². The van der Waals surface area contributed by atoms with Crippen molar-refractivity contribution in [3.05, 3.63) is 74.0 Å². The molecule has 1 heterocycles. The summed E-state index contributed by atoms with van der Waals surface area (Å²) in [5.41, 5.74) is -0.647. The average molecular weight is 424 g/mol. The second-order valence-electron chi connectivity index (χ2n) is 5.69. The van der Waals surface area contributed by atoms with Gasteiger partial charge in [-0.3, -0.25) is 14.2 Å². The Morgan fingerprint density at radius 2 is 1.85 bits per heavy atom. The molecule has 134 valence electrons. The van der Waals surface area contributed by atoms with Gasteiger partial charge in [-0.1, -0.05) is 22.0 Å². The van der Waals surface area contributed by atoms with Crippen LogP contribution in [0.2, 0.25) is 0 Å². The molecule has 0 amide bonds. The lowest BCUT2D eigenvalue weighted by molar-refractivity contribution is -0.136. The fourth-order valence-corrected chi connectivity index (χ4v) is 3.10. The van der Waals surface area contributed by atoms with Crippen LogP contribution in [-0.2, 0) is 17.8 Å². The standard InChI is InChI=1S/C18H12BrF2NO4/c19-10-2-1-9(15(21)5-10)8-22-17(25)12-4-3-11(20)6-13(12)14(18(22)26)7-16(23)24/h1-6,26H,7-8H2,(H,23,24). The van der Waals surface area contributed by atoms with Crippen molar-refractivity contribution in [3.63, 3.8) is 0 Å². The normalized spacial score (nSPS) is 11.0. The summed E-state index contributed by atoms with van der Waals surface area (Å²) >= 11 is 3.13. The summed E-state index contributed by atoms with van der Waals surface area (Å²) in [4.78, 5) is 23.8. The molecule has 5 nitrogen and oxygen atoms in total. The number of rotatable bonds is 4. The zero-order valence-corrected chi connectivity index (χ0v) is 14.8. The number of carbonyl (C=O) groups is 1. The van der Waals surface area contributed by atoms with Gasteiger partial charge in [0.05, 0.1) is 13.0 Å². The van der Waals surface area contributed by atoms with E-state index in [2.05, 4.69) is 15.9 Å². The second-order valence-corrected chi connectivity index (χ2v) is 6.61. The summed E-state index contributed by atoms with van der Waals surface area (Å²) in [6, 6.07) is 7.51. The lowest BCUT2D eigenvalue weighted by Gasteiger charge is -2.15. The van der Waals surface area contributed by atoms with Gasteiger partial charge in [-0.25, -0.2) is 8.78 Å². The SMILES string of the molecule is O=C(O)Cc1c(O)n(Cc2ccc(Br)cc2F)c(=O)c2ccc(F)cc12. The maximum absolute atomic E-state index is 14.1. The number of pyridine rings is 1. The highest BCUT2D eigenvalue weighted by atomic mass is 79.9. The van der Waals surface area contributed by atoms with Crippen LogP contribution in [0.4, 0.5) is 8.78 Å². The van der Waals surface area contributed by atoms with E-state index >= 15 is 0 Å². The molecule has 0 fully saturated rings. The Balaban J connectivity index is 2.26. The lowest BCUT2D eigenvalue weighted by Crippen LogP contribution is -2.23. The first-order valence-corrected chi connectivity index (χ1v) is 8.27. The number of carboxylic acid groups (broad SMARTS) is 1. The molecule has 8 heteroatoms. The first-order valence-electron chi connectivity index (χ1n) is 7.47. The fraction of sp³-hybridized carbons (Fsp3) is 0.111. The molecule has 1 aromatic heterocycles. The van der Waals surface area contributed by atoms with E-state index in [0.717, 1.165) is 16.7 Å². The van der Waals surface area contributed by atoms with Gasteiger partial charge in [0, 0.05) is 21.0 Å². The minimum atomic E-state index is -1.26. The lowest BCUT2D eigenvalue weighted by atomic mass is 10.0. The van der Waals surface area contributed by atoms with Crippen LogP contribution in [0, 0.1) is 11.6 Å². The van der Waals surface area contributed by atoms with Crippen molar-refractivity contribution < 1.29 is 23.8 Å². The number of aromatic hydroxyl groups is 1. The molecule has 0 atom stereocenters. The molecule has 26 heavy (non-hydrogen) atoms. The van der Waals surface area contributed by atoms with E-state index < -0.39 is 35.5 Å². The Morgan fingerprint density at radius 3 is 2.50 bits per heavy atom. The van der Waals surface area contributed by atoms with Crippen LogP contribution >= 0.6 is 15.9 Å². The number of fused-ring (bicyclic) bond motifs is 1. The Labute approximate surface area is 154 Å². The fourth-order valence-electron chi connectivity index (χ4n) is 2.77. The van der Waals surface area contributed by atoms with Gasteiger partial charge in [-0.15, -0.1) is 0 Å². The van der Waals surface area contributed by atoms with E-state index in [-0.39, 0.29) is 28.4 Å². The number of hydrogen-bond donors (Lipinski definition) is 2. The van der Waals surface area contributed by atoms with Crippen molar-refractivity contribution >= 4 is 32.7 Å². The highest BCUT2D eigenvalue weighted by molar-refractivity contribution is 9.10. The van der Waals surface area contributed by atoms with Crippen LogP contribution < -0.4 is 5.56 Å². The number of halogens is 3. The first-order chi connectivity index (χ1) is 12.3. The minimum Gasteiger partial charge on any atom is -0.494 e. The van der Waals surface area contributed by atoms with E-state index in [1.165, 1.54) is 18.2 Å². The molecule has 0 saturated heterocycles. The van der Waals surface area contributed by atoms with Gasteiger partial charge in [-0.05, 0) is 35.7 Å². The van der Waals surface area contributed by atoms with E-state index in [9.17, 15) is 23.5 Å². The predicted octanol–water partition coefficient (Wildman–Crippen LogP) is 3.42. The van der Waals surface area contributed by atoms with Crippen LogP contribution in [0.25, 0.3) is 10.8 Å². The molecule has 0 saturated carbocycles. The van der Waals surface area contributed by atoms with Gasteiger partial charge in [0.25, 0.3) is 5.56 Å². The number of hydrogen-bond acceptors (Lipinski definition) is 3. The summed E-state index contributed by atoms with van der Waals surface area (Å²) in [5.74, 6) is -3.15. The minimum absolute atomic E-state index is 0.0161. The maximum Gasteiger partial charge on any atom is 0.308 e. The number of carboxylic acids is 1. The van der Waals surface area contributed by atoms with E-state index in [4.69, 9.17) is 5.11 Å². The third kappa shape index (κ3) is 3.32. The quantitative estimate of drug-likeness (QED) is 0.673. The highest BCUT2D eigenvalue weighted by Gasteiger charge is 2.20. The number of nitrogens with zero attached hydrogens (tertiary/aromatic N) is 1. The Kier molecular flexibility index (Phi) is 4.78. The summed E-state index contributed by atoms with van der Waals surface area (Å²) in [7, 11) is 0. The smallest absolute Gasteiger partial charge is 0.308 e. The van der Waals surface area contributed by atoms with Gasteiger partial charge in [0.1, 0.15) is 11.6 Å². The Bertz CT molecular complexity index is 1090. The summed E-state index contributed by atoms with van der Waals surface area (Å²) in [5, 5.41) is 19.6. The van der Waals surface area contributed by atoms with Crippen LogP contribution in [0.1, 0.15) is 11.1 Å². The molecule has 2 N–H and O–H groups in total. The molecule has 0 aliphatic heterocycles. The van der Waals surface area contributed by atoms with E-state index in [0.29, 0.717) is 4.47 Å². The van der Waals surface area contributed by atoms with E-state index in [1.807, 2.05) is 0 Å². The molecule has 0 aliphatic carbocycles. The average Bonchev–Trinajstić information content (AvgIpc) is 2.57. The Morgan fingerprint density at radius 1 is 1.12 bits per heavy atom. The molecule has 3 aromatic rings. The topological polar surface area (TPSA) is 79.5 Å². The van der Waals surface area contributed by atoms with Crippen LogP contribution in [0.15, 0.2) is 45.7 Å². The van der Waals surface area contributed by atoms with Crippen molar-refractivity contribution in [2.24, 2.45) is 0 Å². The molecule has 0 bridgehead atoms. The van der Waals surface area contributed by atoms with Gasteiger partial charge in [-0.2, -0.15) is 0 Å². The molecule has 0 aliphatic rings. The highest BCUT2D eigenvalue weighted by Crippen LogP contribution is 2.27. The zero-order chi connectivity index (χ0) is 19.0. The Hall–Kier alpha value is -2.74. The predicted molar refractivity (Wildman–Crippen MR) is 94.4 cm³/mol. The zero-order valence-electron chi connectivity index (χ0n) is 13.2. The molecule has 0 unspecified atom stereocenters. The van der Waals surface area contributed by atoms with Crippen LogP contribution in [0.3, 0.4) is 0 Å². The second kappa shape index (κ2) is 6.87. The molecular weight excluding hydrogens is 412 g/mol.